The molecule has 0 radical (unpaired) electrons. The topological polar surface area (TPSA) is 55.8 Å². The quantitative estimate of drug-likeness (QED) is 0.728. The molecule has 5 nitrogen and oxygen atoms in total. The Kier molecular flexibility index (Phi) is 5.00. The fraction of sp³-hybridized carbons (Fsp3) is 0.478. The molecule has 0 saturated heterocycles. The fourth-order valence-electron chi connectivity index (χ4n) is 4.74. The van der Waals surface area contributed by atoms with Crippen LogP contribution in [0, 0.1) is 11.8 Å². The molecule has 4 atom stereocenters. The summed E-state index contributed by atoms with van der Waals surface area (Å²) in [5.41, 5.74) is 1.38. The van der Waals surface area contributed by atoms with Gasteiger partial charge in [-0.25, -0.2) is 0 Å². The minimum Gasteiger partial charge on any atom is -0.494 e. The Labute approximate surface area is 166 Å². The van der Waals surface area contributed by atoms with E-state index in [2.05, 4.69) is 13.5 Å². The van der Waals surface area contributed by atoms with Crippen molar-refractivity contribution in [3.8, 4) is 5.75 Å². The molecule has 28 heavy (non-hydrogen) atoms. The molecular formula is C23H27NO4. The second kappa shape index (κ2) is 7.46. The molecule has 2 heterocycles. The monoisotopic (exact) mass is 381 g/mol. The van der Waals surface area contributed by atoms with Gasteiger partial charge in [-0.3, -0.25) is 9.59 Å². The lowest BCUT2D eigenvalue weighted by Crippen LogP contribution is -2.41. The molecule has 1 amide bonds. The number of benzene rings is 1. The Hall–Kier alpha value is -2.56. The van der Waals surface area contributed by atoms with Crippen LogP contribution in [0.15, 0.2) is 48.3 Å². The lowest BCUT2D eigenvalue weighted by Gasteiger charge is -2.37. The predicted molar refractivity (Wildman–Crippen MR) is 106 cm³/mol. The summed E-state index contributed by atoms with van der Waals surface area (Å²) in [7, 11) is 0. The molecular weight excluding hydrogens is 354 g/mol. The molecule has 4 unspecified atom stereocenters. The van der Waals surface area contributed by atoms with E-state index in [1.165, 1.54) is 0 Å². The van der Waals surface area contributed by atoms with Crippen molar-refractivity contribution in [3.63, 3.8) is 0 Å². The predicted octanol–water partition coefficient (Wildman–Crippen LogP) is 3.81. The van der Waals surface area contributed by atoms with Crippen LogP contribution in [0.25, 0.3) is 0 Å². The molecule has 148 valence electrons. The van der Waals surface area contributed by atoms with Crippen LogP contribution in [-0.4, -0.2) is 35.8 Å². The van der Waals surface area contributed by atoms with E-state index in [0.29, 0.717) is 24.6 Å². The van der Waals surface area contributed by atoms with Crippen LogP contribution in [0.3, 0.4) is 0 Å². The summed E-state index contributed by atoms with van der Waals surface area (Å²) in [6.45, 7) is 8.82. The maximum Gasteiger partial charge on any atom is 0.290 e. The van der Waals surface area contributed by atoms with Gasteiger partial charge in [0.15, 0.2) is 11.5 Å². The number of nitrogens with zero attached hydrogens (tertiary/aromatic N) is 1. The van der Waals surface area contributed by atoms with Gasteiger partial charge in [0.25, 0.3) is 5.91 Å². The van der Waals surface area contributed by atoms with Crippen molar-refractivity contribution in [2.75, 3.05) is 13.2 Å². The minimum atomic E-state index is -0.452. The highest BCUT2D eigenvalue weighted by atomic mass is 16.5. The van der Waals surface area contributed by atoms with Crippen LogP contribution in [0.2, 0.25) is 0 Å². The summed E-state index contributed by atoms with van der Waals surface area (Å²) in [6, 6.07) is 7.18. The minimum absolute atomic E-state index is 0.0736. The number of Topliss-reactive ketones (excluding diaryl/α,β-unsaturated/α-hetero) is 1. The van der Waals surface area contributed by atoms with E-state index in [4.69, 9.17) is 9.47 Å². The Morgan fingerprint density at radius 2 is 2.14 bits per heavy atom. The van der Waals surface area contributed by atoms with Crippen LogP contribution in [0.4, 0.5) is 0 Å². The number of carbonyl (C=O) groups excluding carboxylic acids is 2. The molecule has 0 aromatic heterocycles. The molecule has 1 aromatic rings. The van der Waals surface area contributed by atoms with Gasteiger partial charge in [-0.2, -0.15) is 0 Å². The van der Waals surface area contributed by atoms with Gasteiger partial charge in [-0.05, 0) is 49.8 Å². The Morgan fingerprint density at radius 1 is 1.32 bits per heavy atom. The zero-order chi connectivity index (χ0) is 19.8. The highest BCUT2D eigenvalue weighted by molar-refractivity contribution is 6.11. The fourth-order valence-corrected chi connectivity index (χ4v) is 4.74. The molecule has 0 N–H and O–H groups in total. The molecule has 5 heteroatoms. The first-order chi connectivity index (χ1) is 13.5. The van der Waals surface area contributed by atoms with Crippen LogP contribution in [0.1, 0.15) is 44.7 Å². The number of amides is 1. The molecule has 2 aliphatic heterocycles. The second-order valence-electron chi connectivity index (χ2n) is 7.94. The van der Waals surface area contributed by atoms with Gasteiger partial charge in [-0.1, -0.05) is 25.1 Å². The van der Waals surface area contributed by atoms with E-state index in [9.17, 15) is 9.59 Å². The summed E-state index contributed by atoms with van der Waals surface area (Å²) in [6.07, 6.45) is 4.19. The molecule has 3 aliphatic rings. The summed E-state index contributed by atoms with van der Waals surface area (Å²) >= 11 is 0. The number of fused-ring (bicyclic) bond motifs is 1. The van der Waals surface area contributed by atoms with Crippen molar-refractivity contribution < 1.29 is 19.1 Å². The number of rotatable bonds is 5. The molecule has 1 saturated carbocycles. The van der Waals surface area contributed by atoms with Crippen molar-refractivity contribution in [1.29, 1.82) is 0 Å². The molecule has 1 aliphatic carbocycles. The maximum absolute atomic E-state index is 13.5. The van der Waals surface area contributed by atoms with Crippen LogP contribution >= 0.6 is 0 Å². The van der Waals surface area contributed by atoms with Crippen molar-refractivity contribution in [1.82, 2.24) is 4.90 Å². The van der Waals surface area contributed by atoms with Crippen LogP contribution in [-0.2, 0) is 14.3 Å². The molecule has 1 aromatic carbocycles. The average molecular weight is 381 g/mol. The first-order valence-corrected chi connectivity index (χ1v) is 10.1. The number of ether oxygens (including phenoxy) is 2. The van der Waals surface area contributed by atoms with E-state index < -0.39 is 6.04 Å². The SMILES string of the molecule is C=CCN1C(=O)C2=C(C(=O)C3CC(C)CCC3O2)C1c1cccc(OCC)c1. The average Bonchev–Trinajstić information content (AvgIpc) is 2.96. The third-order valence-corrected chi connectivity index (χ3v) is 6.02. The number of hydrogen-bond donors (Lipinski definition) is 0. The number of ketones is 1. The van der Waals surface area contributed by atoms with Gasteiger partial charge in [0.1, 0.15) is 11.9 Å². The van der Waals surface area contributed by atoms with E-state index in [0.717, 1.165) is 30.6 Å². The van der Waals surface area contributed by atoms with Gasteiger partial charge >= 0.3 is 0 Å². The van der Waals surface area contributed by atoms with Gasteiger partial charge in [0, 0.05) is 6.54 Å². The number of hydrogen-bond acceptors (Lipinski definition) is 4. The Balaban J connectivity index is 1.78. The van der Waals surface area contributed by atoms with Crippen LogP contribution < -0.4 is 4.74 Å². The smallest absolute Gasteiger partial charge is 0.290 e. The highest BCUT2D eigenvalue weighted by Gasteiger charge is 2.52. The maximum atomic E-state index is 13.5. The Morgan fingerprint density at radius 3 is 2.89 bits per heavy atom. The van der Waals surface area contributed by atoms with E-state index in [-0.39, 0.29) is 29.5 Å². The lowest BCUT2D eigenvalue weighted by atomic mass is 9.74. The molecule has 1 fully saturated rings. The number of carbonyl (C=O) groups is 2. The molecule has 4 rings (SSSR count). The first kappa shape index (κ1) is 18.8. The van der Waals surface area contributed by atoms with Crippen molar-refractivity contribution in [2.45, 2.75) is 45.3 Å². The summed E-state index contributed by atoms with van der Waals surface area (Å²) in [5.74, 6) is 1.17. The standard InChI is InChI=1S/C23H27NO4/c1-4-11-24-20(15-7-6-8-16(13-15)27-5-2)19-21(25)17-12-14(3)9-10-18(17)28-22(19)23(24)26/h4,6-8,13-14,17-18,20H,1,5,9-12H2,2-3H3. The lowest BCUT2D eigenvalue weighted by molar-refractivity contribution is -0.135. The van der Waals surface area contributed by atoms with E-state index in [1.807, 2.05) is 31.2 Å². The van der Waals surface area contributed by atoms with Crippen LogP contribution in [0.5, 0.6) is 5.75 Å². The van der Waals surface area contributed by atoms with Crippen molar-refractivity contribution in [2.24, 2.45) is 11.8 Å². The molecule has 0 bridgehead atoms. The third kappa shape index (κ3) is 3.03. The Bertz CT molecular complexity index is 843. The third-order valence-electron chi connectivity index (χ3n) is 6.02. The first-order valence-electron chi connectivity index (χ1n) is 10.1. The van der Waals surface area contributed by atoms with Crippen molar-refractivity contribution in [3.05, 3.63) is 53.8 Å². The zero-order valence-electron chi connectivity index (χ0n) is 16.5. The summed E-state index contributed by atoms with van der Waals surface area (Å²) in [4.78, 5) is 28.3. The summed E-state index contributed by atoms with van der Waals surface area (Å²) in [5, 5.41) is 0. The van der Waals surface area contributed by atoms with Gasteiger partial charge in [-0.15, -0.1) is 6.58 Å². The van der Waals surface area contributed by atoms with E-state index in [1.54, 1.807) is 11.0 Å². The zero-order valence-corrected chi connectivity index (χ0v) is 16.5. The van der Waals surface area contributed by atoms with Gasteiger partial charge in [0.05, 0.1) is 24.1 Å². The van der Waals surface area contributed by atoms with Crippen molar-refractivity contribution >= 4 is 11.7 Å². The van der Waals surface area contributed by atoms with E-state index >= 15 is 0 Å². The summed E-state index contributed by atoms with van der Waals surface area (Å²) < 4.78 is 11.8. The normalized spacial score (nSPS) is 29.3. The molecule has 0 spiro atoms. The second-order valence-corrected chi connectivity index (χ2v) is 7.94. The highest BCUT2D eigenvalue weighted by Crippen LogP contribution is 2.47. The van der Waals surface area contributed by atoms with Gasteiger partial charge < -0.3 is 14.4 Å². The van der Waals surface area contributed by atoms with Gasteiger partial charge in [0.2, 0.25) is 0 Å². The largest absolute Gasteiger partial charge is 0.494 e.